The number of ether oxygens (including phenoxy) is 1. The van der Waals surface area contributed by atoms with Gasteiger partial charge in [0, 0.05) is 4.90 Å². The van der Waals surface area contributed by atoms with Crippen molar-refractivity contribution in [3.63, 3.8) is 0 Å². The number of benzene rings is 1. The third-order valence-corrected chi connectivity index (χ3v) is 2.67. The third-order valence-electron chi connectivity index (χ3n) is 1.87. The topological polar surface area (TPSA) is 49.4 Å². The van der Waals surface area contributed by atoms with E-state index >= 15 is 0 Å². The van der Waals surface area contributed by atoms with Gasteiger partial charge in [0.15, 0.2) is 0 Å². The summed E-state index contributed by atoms with van der Waals surface area (Å²) >= 11 is -2.17. The van der Waals surface area contributed by atoms with Crippen LogP contribution in [0.2, 0.25) is 0 Å². The summed E-state index contributed by atoms with van der Waals surface area (Å²) in [7, 11) is 1.57. The first-order valence-electron chi connectivity index (χ1n) is 3.80. The summed E-state index contributed by atoms with van der Waals surface area (Å²) in [6.07, 6.45) is 0. The zero-order chi connectivity index (χ0) is 10.0. The van der Waals surface area contributed by atoms with E-state index in [4.69, 9.17) is 4.74 Å². The Bertz CT molecular complexity index is 352. The first-order chi connectivity index (χ1) is 6.06. The van der Waals surface area contributed by atoms with Crippen LogP contribution in [0.15, 0.2) is 17.0 Å². The molecule has 0 amide bonds. The van der Waals surface area contributed by atoms with Crippen molar-refractivity contribution < 1.29 is 43.1 Å². The van der Waals surface area contributed by atoms with Gasteiger partial charge in [0.25, 0.3) is 0 Å². The Morgan fingerprint density at radius 2 is 1.86 bits per heavy atom. The SMILES string of the molecule is COc1cc(C)c(S(=O)[O-])cc1C.[Na+]. The van der Waals surface area contributed by atoms with Gasteiger partial charge >= 0.3 is 29.6 Å². The zero-order valence-corrected chi connectivity index (χ0v) is 11.6. The molecule has 1 aromatic carbocycles. The second-order valence-corrected chi connectivity index (χ2v) is 3.73. The van der Waals surface area contributed by atoms with Crippen molar-refractivity contribution in [2.45, 2.75) is 18.7 Å². The van der Waals surface area contributed by atoms with Gasteiger partial charge < -0.3 is 9.29 Å². The molecule has 14 heavy (non-hydrogen) atoms. The van der Waals surface area contributed by atoms with Crippen molar-refractivity contribution in [3.05, 3.63) is 23.3 Å². The summed E-state index contributed by atoms with van der Waals surface area (Å²) in [5.41, 5.74) is 1.53. The summed E-state index contributed by atoms with van der Waals surface area (Å²) in [6, 6.07) is 3.33. The van der Waals surface area contributed by atoms with E-state index in [0.717, 1.165) is 5.56 Å². The van der Waals surface area contributed by atoms with Crippen LogP contribution in [0.5, 0.6) is 5.75 Å². The van der Waals surface area contributed by atoms with Gasteiger partial charge in [-0.25, -0.2) is 0 Å². The molecule has 0 saturated heterocycles. The predicted molar refractivity (Wildman–Crippen MR) is 49.7 cm³/mol. The first kappa shape index (κ1) is 14.1. The van der Waals surface area contributed by atoms with Gasteiger partial charge in [0.2, 0.25) is 0 Å². The molecule has 0 bridgehead atoms. The van der Waals surface area contributed by atoms with Crippen LogP contribution in [0.1, 0.15) is 11.1 Å². The molecular weight excluding hydrogens is 211 g/mol. The molecule has 0 aromatic heterocycles. The zero-order valence-electron chi connectivity index (χ0n) is 8.79. The van der Waals surface area contributed by atoms with E-state index in [0.29, 0.717) is 16.2 Å². The Morgan fingerprint density at radius 1 is 1.29 bits per heavy atom. The van der Waals surface area contributed by atoms with Gasteiger partial charge in [-0.3, -0.25) is 4.21 Å². The van der Waals surface area contributed by atoms with Crippen molar-refractivity contribution >= 4 is 11.1 Å². The molecule has 0 spiro atoms. The van der Waals surface area contributed by atoms with E-state index in [1.807, 2.05) is 6.92 Å². The average molecular weight is 222 g/mol. The molecule has 3 nitrogen and oxygen atoms in total. The molecular formula is C9H11NaO3S. The van der Waals surface area contributed by atoms with Crippen LogP contribution < -0.4 is 34.3 Å². The fourth-order valence-electron chi connectivity index (χ4n) is 1.16. The monoisotopic (exact) mass is 222 g/mol. The molecule has 0 radical (unpaired) electrons. The maximum absolute atomic E-state index is 10.7. The van der Waals surface area contributed by atoms with Crippen molar-refractivity contribution in [2.24, 2.45) is 0 Å². The largest absolute Gasteiger partial charge is 1.00 e. The van der Waals surface area contributed by atoms with Crippen LogP contribution in [0.3, 0.4) is 0 Å². The smallest absolute Gasteiger partial charge is 0.768 e. The molecule has 0 aliphatic rings. The maximum atomic E-state index is 10.7. The van der Waals surface area contributed by atoms with Gasteiger partial charge in [0.05, 0.1) is 7.11 Å². The molecule has 5 heteroatoms. The normalized spacial score (nSPS) is 11.7. The fraction of sp³-hybridized carbons (Fsp3) is 0.333. The number of methoxy groups -OCH3 is 1. The summed E-state index contributed by atoms with van der Waals surface area (Å²) in [6.45, 7) is 3.56. The Morgan fingerprint density at radius 3 is 2.29 bits per heavy atom. The van der Waals surface area contributed by atoms with E-state index in [1.54, 1.807) is 26.2 Å². The molecule has 0 fully saturated rings. The van der Waals surface area contributed by atoms with Crippen LogP contribution >= 0.6 is 0 Å². The number of rotatable bonds is 2. The van der Waals surface area contributed by atoms with Gasteiger partial charge in [-0.05, 0) is 48.2 Å². The van der Waals surface area contributed by atoms with E-state index in [2.05, 4.69) is 0 Å². The van der Waals surface area contributed by atoms with Gasteiger partial charge in [-0.15, -0.1) is 0 Å². The number of hydrogen-bond acceptors (Lipinski definition) is 3. The molecule has 72 valence electrons. The molecule has 1 atom stereocenters. The maximum Gasteiger partial charge on any atom is 1.00 e. The minimum absolute atomic E-state index is 0. The quantitative estimate of drug-likeness (QED) is 0.454. The Balaban J connectivity index is 0.00000169. The van der Waals surface area contributed by atoms with Crippen LogP contribution in [0.4, 0.5) is 0 Å². The molecule has 0 aliphatic carbocycles. The van der Waals surface area contributed by atoms with Crippen LogP contribution in [0.25, 0.3) is 0 Å². The molecule has 0 aliphatic heterocycles. The van der Waals surface area contributed by atoms with Crippen LogP contribution in [-0.2, 0) is 11.1 Å². The van der Waals surface area contributed by atoms with E-state index in [-0.39, 0.29) is 29.6 Å². The van der Waals surface area contributed by atoms with Crippen molar-refractivity contribution in [2.75, 3.05) is 7.11 Å². The Labute approximate surface area is 108 Å². The first-order valence-corrected chi connectivity index (χ1v) is 4.88. The molecule has 0 saturated carbocycles. The second kappa shape index (κ2) is 5.88. The summed E-state index contributed by atoms with van der Waals surface area (Å²) in [4.78, 5) is 0.332. The minimum atomic E-state index is -2.17. The summed E-state index contributed by atoms with van der Waals surface area (Å²) < 4.78 is 26.5. The number of hydrogen-bond donors (Lipinski definition) is 0. The molecule has 0 N–H and O–H groups in total. The number of aryl methyl sites for hydroxylation is 2. The minimum Gasteiger partial charge on any atom is -0.768 e. The average Bonchev–Trinajstić information content (AvgIpc) is 2.07. The van der Waals surface area contributed by atoms with Crippen molar-refractivity contribution in [1.82, 2.24) is 0 Å². The van der Waals surface area contributed by atoms with Crippen molar-refractivity contribution in [1.29, 1.82) is 0 Å². The summed E-state index contributed by atoms with van der Waals surface area (Å²) in [5, 5.41) is 0. The Hall–Kier alpha value is 0.130. The van der Waals surface area contributed by atoms with Gasteiger partial charge in [-0.1, -0.05) is 0 Å². The standard InChI is InChI=1S/C9H12O3S.Na/c1-6-5-9(13(10)11)7(2)4-8(6)12-3;/h4-5H,1-3H3,(H,10,11);/q;+1/p-1. The van der Waals surface area contributed by atoms with Gasteiger partial charge in [0.1, 0.15) is 5.75 Å². The van der Waals surface area contributed by atoms with Crippen LogP contribution in [0, 0.1) is 13.8 Å². The fourth-order valence-corrected chi connectivity index (χ4v) is 1.76. The Kier molecular flexibility index (Phi) is 5.93. The second-order valence-electron chi connectivity index (χ2n) is 2.82. The third kappa shape index (κ3) is 3.07. The molecule has 1 rings (SSSR count). The van der Waals surface area contributed by atoms with Gasteiger partial charge in [-0.2, -0.15) is 0 Å². The molecule has 1 unspecified atom stereocenters. The van der Waals surface area contributed by atoms with E-state index in [9.17, 15) is 8.76 Å². The van der Waals surface area contributed by atoms with Crippen molar-refractivity contribution in [3.8, 4) is 5.75 Å². The van der Waals surface area contributed by atoms with E-state index < -0.39 is 11.1 Å². The molecule has 0 heterocycles. The van der Waals surface area contributed by atoms with Crippen LogP contribution in [-0.4, -0.2) is 15.9 Å². The van der Waals surface area contributed by atoms with E-state index in [1.165, 1.54) is 0 Å². The molecule has 1 aromatic rings. The summed E-state index contributed by atoms with van der Waals surface area (Å²) in [5.74, 6) is 0.715. The predicted octanol–water partition coefficient (Wildman–Crippen LogP) is -1.45.